The van der Waals surface area contributed by atoms with Gasteiger partial charge in [0.1, 0.15) is 0 Å². The molecule has 1 saturated heterocycles. The van der Waals surface area contributed by atoms with E-state index in [1.54, 1.807) is 11.0 Å². The van der Waals surface area contributed by atoms with Crippen molar-refractivity contribution in [2.75, 3.05) is 25.5 Å². The zero-order valence-electron chi connectivity index (χ0n) is 13.7. The minimum atomic E-state index is -1.08. The fraction of sp³-hybridized carbons (Fsp3) is 0.471. The lowest BCUT2D eigenvalue weighted by Gasteiger charge is -2.20. The first-order chi connectivity index (χ1) is 11.5. The van der Waals surface area contributed by atoms with Crippen LogP contribution in [-0.4, -0.2) is 48.0 Å². The SMILES string of the molecule is COCc1cc(NC(=O)CN2CCCCCC2=O)cc(C(=O)O)c1. The Kier molecular flexibility index (Phi) is 6.31. The lowest BCUT2D eigenvalue weighted by Crippen LogP contribution is -2.37. The van der Waals surface area contributed by atoms with Crippen molar-refractivity contribution in [1.29, 1.82) is 0 Å². The summed E-state index contributed by atoms with van der Waals surface area (Å²) in [4.78, 5) is 36.9. The van der Waals surface area contributed by atoms with E-state index in [1.807, 2.05) is 0 Å². The van der Waals surface area contributed by atoms with E-state index in [9.17, 15) is 14.4 Å². The summed E-state index contributed by atoms with van der Waals surface area (Å²) >= 11 is 0. The number of nitrogens with one attached hydrogen (secondary N) is 1. The van der Waals surface area contributed by atoms with Crippen LogP contribution in [0.25, 0.3) is 0 Å². The molecule has 1 aromatic rings. The zero-order chi connectivity index (χ0) is 17.5. The Morgan fingerprint density at radius 3 is 2.75 bits per heavy atom. The maximum atomic E-state index is 12.2. The smallest absolute Gasteiger partial charge is 0.335 e. The highest BCUT2D eigenvalue weighted by atomic mass is 16.5. The number of ether oxygens (including phenoxy) is 1. The monoisotopic (exact) mass is 334 g/mol. The fourth-order valence-corrected chi connectivity index (χ4v) is 2.72. The van der Waals surface area contributed by atoms with Crippen LogP contribution < -0.4 is 5.32 Å². The summed E-state index contributed by atoms with van der Waals surface area (Å²) < 4.78 is 5.01. The predicted molar refractivity (Wildman–Crippen MR) is 87.8 cm³/mol. The van der Waals surface area contributed by atoms with Crippen molar-refractivity contribution in [2.45, 2.75) is 32.3 Å². The van der Waals surface area contributed by atoms with Crippen molar-refractivity contribution in [3.8, 4) is 0 Å². The molecule has 1 aromatic carbocycles. The first kappa shape index (κ1) is 17.9. The van der Waals surface area contributed by atoms with Gasteiger partial charge in [0.15, 0.2) is 0 Å². The molecule has 1 aliphatic heterocycles. The highest BCUT2D eigenvalue weighted by molar-refractivity contribution is 5.96. The molecule has 1 fully saturated rings. The van der Waals surface area contributed by atoms with Gasteiger partial charge < -0.3 is 20.1 Å². The molecule has 7 heteroatoms. The van der Waals surface area contributed by atoms with Gasteiger partial charge in [0.2, 0.25) is 11.8 Å². The van der Waals surface area contributed by atoms with Gasteiger partial charge in [-0.15, -0.1) is 0 Å². The standard InChI is InChI=1S/C17H22N2O5/c1-24-11-12-7-13(17(22)23)9-14(8-12)18-15(20)10-19-6-4-2-3-5-16(19)21/h7-9H,2-6,10-11H2,1H3,(H,18,20)(H,22,23). The zero-order valence-corrected chi connectivity index (χ0v) is 13.7. The normalized spacial score (nSPS) is 15.0. The Balaban J connectivity index is 2.07. The van der Waals surface area contributed by atoms with Gasteiger partial charge >= 0.3 is 5.97 Å². The van der Waals surface area contributed by atoms with E-state index in [0.717, 1.165) is 19.3 Å². The summed E-state index contributed by atoms with van der Waals surface area (Å²) in [6, 6.07) is 4.56. The number of anilines is 1. The molecule has 0 saturated carbocycles. The predicted octanol–water partition coefficient (Wildman–Crippen LogP) is 1.87. The van der Waals surface area contributed by atoms with Crippen molar-refractivity contribution < 1.29 is 24.2 Å². The summed E-state index contributed by atoms with van der Waals surface area (Å²) in [5, 5.41) is 11.8. The van der Waals surface area contributed by atoms with Crippen molar-refractivity contribution in [3.63, 3.8) is 0 Å². The van der Waals surface area contributed by atoms with Crippen molar-refractivity contribution >= 4 is 23.5 Å². The maximum absolute atomic E-state index is 12.2. The first-order valence-electron chi connectivity index (χ1n) is 7.93. The van der Waals surface area contributed by atoms with Crippen LogP contribution in [-0.2, 0) is 20.9 Å². The van der Waals surface area contributed by atoms with E-state index < -0.39 is 5.97 Å². The number of rotatable bonds is 6. The van der Waals surface area contributed by atoms with Gasteiger partial charge in [0.05, 0.1) is 18.7 Å². The lowest BCUT2D eigenvalue weighted by molar-refractivity contribution is -0.134. The van der Waals surface area contributed by atoms with Crippen LogP contribution in [0.15, 0.2) is 18.2 Å². The molecule has 2 amide bonds. The van der Waals surface area contributed by atoms with Crippen molar-refractivity contribution in [1.82, 2.24) is 4.90 Å². The first-order valence-corrected chi connectivity index (χ1v) is 7.93. The highest BCUT2D eigenvalue weighted by Gasteiger charge is 2.19. The molecule has 1 heterocycles. The number of aromatic carboxylic acids is 1. The van der Waals surface area contributed by atoms with Crippen LogP contribution in [0.4, 0.5) is 5.69 Å². The number of carboxylic acid groups (broad SMARTS) is 1. The number of benzene rings is 1. The molecule has 0 bridgehead atoms. The molecule has 0 spiro atoms. The number of hydrogen-bond donors (Lipinski definition) is 2. The van der Waals surface area contributed by atoms with Gasteiger partial charge in [-0.1, -0.05) is 6.42 Å². The van der Waals surface area contributed by atoms with E-state index in [0.29, 0.717) is 24.2 Å². The Hall–Kier alpha value is -2.41. The van der Waals surface area contributed by atoms with Gasteiger partial charge in [-0.25, -0.2) is 4.79 Å². The molecule has 2 rings (SSSR count). The van der Waals surface area contributed by atoms with Crippen LogP contribution in [0, 0.1) is 0 Å². The van der Waals surface area contributed by atoms with Crippen molar-refractivity contribution in [2.24, 2.45) is 0 Å². The van der Waals surface area contributed by atoms with Gasteiger partial charge in [-0.05, 0) is 36.6 Å². The molecule has 1 aliphatic rings. The molecular formula is C17H22N2O5. The summed E-state index contributed by atoms with van der Waals surface area (Å²) in [7, 11) is 1.51. The van der Waals surface area contributed by atoms with Gasteiger partial charge in [-0.3, -0.25) is 9.59 Å². The Morgan fingerprint density at radius 1 is 1.25 bits per heavy atom. The Bertz CT molecular complexity index is 629. The van der Waals surface area contributed by atoms with E-state index in [2.05, 4.69) is 5.32 Å². The summed E-state index contributed by atoms with van der Waals surface area (Å²) in [5.41, 5.74) is 1.11. The number of nitrogens with zero attached hydrogens (tertiary/aromatic N) is 1. The number of carbonyl (C=O) groups excluding carboxylic acids is 2. The number of carboxylic acids is 1. The van der Waals surface area contributed by atoms with Crippen LogP contribution in [0.2, 0.25) is 0 Å². The third-order valence-corrected chi connectivity index (χ3v) is 3.84. The maximum Gasteiger partial charge on any atom is 0.335 e. The number of carbonyl (C=O) groups is 3. The summed E-state index contributed by atoms with van der Waals surface area (Å²) in [6.07, 6.45) is 3.22. The topological polar surface area (TPSA) is 95.9 Å². The van der Waals surface area contributed by atoms with Gasteiger partial charge in [0, 0.05) is 25.8 Å². The third kappa shape index (κ3) is 5.06. The Labute approximate surface area is 140 Å². The number of amides is 2. The minimum absolute atomic E-state index is 0.0120. The molecule has 24 heavy (non-hydrogen) atoms. The molecule has 2 N–H and O–H groups in total. The fourth-order valence-electron chi connectivity index (χ4n) is 2.72. The molecular weight excluding hydrogens is 312 g/mol. The molecule has 7 nitrogen and oxygen atoms in total. The second-order valence-electron chi connectivity index (χ2n) is 5.83. The summed E-state index contributed by atoms with van der Waals surface area (Å²) in [5.74, 6) is -1.43. The quantitative estimate of drug-likeness (QED) is 0.828. The van der Waals surface area contributed by atoms with Crippen LogP contribution in [0.3, 0.4) is 0 Å². The number of likely N-dealkylation sites (tertiary alicyclic amines) is 1. The Morgan fingerprint density at radius 2 is 2.04 bits per heavy atom. The average molecular weight is 334 g/mol. The van der Waals surface area contributed by atoms with Gasteiger partial charge in [-0.2, -0.15) is 0 Å². The second-order valence-corrected chi connectivity index (χ2v) is 5.83. The number of hydrogen-bond acceptors (Lipinski definition) is 4. The second kappa shape index (κ2) is 8.44. The largest absolute Gasteiger partial charge is 0.478 e. The van der Waals surface area contributed by atoms with E-state index in [-0.39, 0.29) is 30.5 Å². The average Bonchev–Trinajstić information content (AvgIpc) is 2.72. The van der Waals surface area contributed by atoms with Crippen molar-refractivity contribution in [3.05, 3.63) is 29.3 Å². The molecule has 0 atom stereocenters. The summed E-state index contributed by atoms with van der Waals surface area (Å²) in [6.45, 7) is 0.806. The lowest BCUT2D eigenvalue weighted by atomic mass is 10.1. The molecule has 130 valence electrons. The van der Waals surface area contributed by atoms with Gasteiger partial charge in [0.25, 0.3) is 0 Å². The number of methoxy groups -OCH3 is 1. The van der Waals surface area contributed by atoms with E-state index in [4.69, 9.17) is 9.84 Å². The highest BCUT2D eigenvalue weighted by Crippen LogP contribution is 2.17. The molecule has 0 aliphatic carbocycles. The molecule has 0 radical (unpaired) electrons. The van der Waals surface area contributed by atoms with Crippen LogP contribution in [0.5, 0.6) is 0 Å². The third-order valence-electron chi connectivity index (χ3n) is 3.84. The molecule has 0 aromatic heterocycles. The van der Waals surface area contributed by atoms with E-state index in [1.165, 1.54) is 19.2 Å². The minimum Gasteiger partial charge on any atom is -0.478 e. The van der Waals surface area contributed by atoms with Crippen LogP contribution in [0.1, 0.15) is 41.6 Å². The van der Waals surface area contributed by atoms with Crippen LogP contribution >= 0.6 is 0 Å². The molecule has 0 unspecified atom stereocenters. The van der Waals surface area contributed by atoms with E-state index >= 15 is 0 Å².